The van der Waals surface area contributed by atoms with Crippen LogP contribution in [-0.2, 0) is 0 Å². The standard InChI is InChI=1S/C13H18FNO2/c1-15-13(9-16)6-5-12(8-13)17-11-4-2-3-10(14)7-11/h2-4,7,12,15-16H,5-6,8-9H2,1H3. The van der Waals surface area contributed by atoms with Gasteiger partial charge in [0.1, 0.15) is 17.7 Å². The van der Waals surface area contributed by atoms with E-state index in [0.717, 1.165) is 19.3 Å². The first-order chi connectivity index (χ1) is 8.17. The minimum atomic E-state index is -0.289. The maximum absolute atomic E-state index is 13.0. The van der Waals surface area contributed by atoms with E-state index in [1.165, 1.54) is 12.1 Å². The third-order valence-electron chi connectivity index (χ3n) is 3.50. The van der Waals surface area contributed by atoms with E-state index in [9.17, 15) is 9.50 Å². The number of aliphatic hydroxyl groups is 1. The van der Waals surface area contributed by atoms with E-state index >= 15 is 0 Å². The predicted molar refractivity (Wildman–Crippen MR) is 63.5 cm³/mol. The summed E-state index contributed by atoms with van der Waals surface area (Å²) in [6.45, 7) is 0.104. The van der Waals surface area contributed by atoms with Crippen molar-refractivity contribution in [1.82, 2.24) is 5.32 Å². The Balaban J connectivity index is 1.98. The second kappa shape index (κ2) is 5.02. The first-order valence-corrected chi connectivity index (χ1v) is 5.89. The molecule has 0 aromatic heterocycles. The number of ether oxygens (including phenoxy) is 1. The van der Waals surface area contributed by atoms with Gasteiger partial charge in [0.2, 0.25) is 0 Å². The molecule has 0 heterocycles. The average molecular weight is 239 g/mol. The summed E-state index contributed by atoms with van der Waals surface area (Å²) in [5.41, 5.74) is -0.238. The molecule has 94 valence electrons. The Hall–Kier alpha value is -1.13. The molecule has 0 amide bonds. The summed E-state index contributed by atoms with van der Waals surface area (Å²) >= 11 is 0. The van der Waals surface area contributed by atoms with Crippen molar-refractivity contribution in [2.24, 2.45) is 0 Å². The van der Waals surface area contributed by atoms with Crippen molar-refractivity contribution in [3.8, 4) is 5.75 Å². The van der Waals surface area contributed by atoms with Crippen LogP contribution >= 0.6 is 0 Å². The molecule has 0 aliphatic heterocycles. The van der Waals surface area contributed by atoms with Gasteiger partial charge in [-0.05, 0) is 32.0 Å². The molecule has 2 rings (SSSR count). The minimum absolute atomic E-state index is 0.0383. The zero-order chi connectivity index (χ0) is 12.3. The zero-order valence-corrected chi connectivity index (χ0v) is 9.95. The number of aliphatic hydroxyl groups excluding tert-OH is 1. The quantitative estimate of drug-likeness (QED) is 0.840. The molecule has 1 saturated carbocycles. The molecule has 0 spiro atoms. The van der Waals surface area contributed by atoms with Gasteiger partial charge >= 0.3 is 0 Å². The fraction of sp³-hybridized carbons (Fsp3) is 0.538. The van der Waals surface area contributed by atoms with Crippen LogP contribution in [0.3, 0.4) is 0 Å². The Kier molecular flexibility index (Phi) is 3.64. The monoisotopic (exact) mass is 239 g/mol. The zero-order valence-electron chi connectivity index (χ0n) is 9.95. The van der Waals surface area contributed by atoms with Crippen LogP contribution in [0.2, 0.25) is 0 Å². The Morgan fingerprint density at radius 1 is 1.59 bits per heavy atom. The van der Waals surface area contributed by atoms with E-state index in [1.54, 1.807) is 12.1 Å². The highest BCUT2D eigenvalue weighted by molar-refractivity contribution is 5.23. The first-order valence-electron chi connectivity index (χ1n) is 5.89. The third-order valence-corrected chi connectivity index (χ3v) is 3.50. The molecule has 1 aromatic rings. The molecule has 1 aliphatic rings. The fourth-order valence-electron chi connectivity index (χ4n) is 2.36. The molecular weight excluding hydrogens is 221 g/mol. The number of likely N-dealkylation sites (N-methyl/N-ethyl adjacent to an activating group) is 1. The van der Waals surface area contributed by atoms with Gasteiger partial charge in [0.15, 0.2) is 0 Å². The smallest absolute Gasteiger partial charge is 0.126 e. The van der Waals surface area contributed by atoms with Crippen LogP contribution in [0.1, 0.15) is 19.3 Å². The van der Waals surface area contributed by atoms with Crippen molar-refractivity contribution in [3.63, 3.8) is 0 Å². The van der Waals surface area contributed by atoms with Crippen molar-refractivity contribution in [1.29, 1.82) is 0 Å². The van der Waals surface area contributed by atoms with Gasteiger partial charge in [-0.1, -0.05) is 6.07 Å². The lowest BCUT2D eigenvalue weighted by Crippen LogP contribution is -2.44. The molecule has 0 saturated heterocycles. The molecular formula is C13H18FNO2. The molecule has 2 atom stereocenters. The highest BCUT2D eigenvalue weighted by Crippen LogP contribution is 2.32. The summed E-state index contributed by atoms with van der Waals surface area (Å²) in [6, 6.07) is 6.17. The highest BCUT2D eigenvalue weighted by atomic mass is 19.1. The van der Waals surface area contributed by atoms with E-state index in [2.05, 4.69) is 5.32 Å². The van der Waals surface area contributed by atoms with Gasteiger partial charge in [0, 0.05) is 18.0 Å². The van der Waals surface area contributed by atoms with Crippen molar-refractivity contribution in [3.05, 3.63) is 30.1 Å². The summed E-state index contributed by atoms with van der Waals surface area (Å²) < 4.78 is 18.7. The molecule has 4 heteroatoms. The highest BCUT2D eigenvalue weighted by Gasteiger charge is 2.38. The van der Waals surface area contributed by atoms with Crippen LogP contribution in [0, 0.1) is 5.82 Å². The first kappa shape index (κ1) is 12.3. The molecule has 1 fully saturated rings. The lowest BCUT2D eigenvalue weighted by Gasteiger charge is -2.26. The summed E-state index contributed by atoms with van der Waals surface area (Å²) in [5.74, 6) is 0.266. The molecule has 2 unspecified atom stereocenters. The summed E-state index contributed by atoms with van der Waals surface area (Å²) in [4.78, 5) is 0. The molecule has 1 aromatic carbocycles. The van der Waals surface area contributed by atoms with Gasteiger partial charge < -0.3 is 15.2 Å². The van der Waals surface area contributed by atoms with Crippen LogP contribution in [0.4, 0.5) is 4.39 Å². The molecule has 17 heavy (non-hydrogen) atoms. The van der Waals surface area contributed by atoms with Gasteiger partial charge in [-0.25, -0.2) is 4.39 Å². The number of nitrogens with one attached hydrogen (secondary N) is 1. The van der Waals surface area contributed by atoms with Crippen LogP contribution in [0.5, 0.6) is 5.75 Å². The number of hydrogen-bond donors (Lipinski definition) is 2. The van der Waals surface area contributed by atoms with Crippen LogP contribution in [0.15, 0.2) is 24.3 Å². The lowest BCUT2D eigenvalue weighted by atomic mass is 9.99. The van der Waals surface area contributed by atoms with E-state index in [1.807, 2.05) is 7.05 Å². The summed E-state index contributed by atoms with van der Waals surface area (Å²) in [6.07, 6.45) is 2.53. The second-order valence-electron chi connectivity index (χ2n) is 4.63. The molecule has 2 N–H and O–H groups in total. The number of benzene rings is 1. The topological polar surface area (TPSA) is 41.5 Å². The molecule has 1 aliphatic carbocycles. The minimum Gasteiger partial charge on any atom is -0.490 e. The average Bonchev–Trinajstić information content (AvgIpc) is 2.73. The summed E-state index contributed by atoms with van der Waals surface area (Å²) in [7, 11) is 1.85. The maximum Gasteiger partial charge on any atom is 0.126 e. The van der Waals surface area contributed by atoms with Gasteiger partial charge in [-0.3, -0.25) is 0 Å². The number of halogens is 1. The van der Waals surface area contributed by atoms with Crippen LogP contribution < -0.4 is 10.1 Å². The molecule has 0 bridgehead atoms. The van der Waals surface area contributed by atoms with Gasteiger partial charge in [0.25, 0.3) is 0 Å². The molecule has 0 radical (unpaired) electrons. The Morgan fingerprint density at radius 2 is 2.41 bits per heavy atom. The number of hydrogen-bond acceptors (Lipinski definition) is 3. The van der Waals surface area contributed by atoms with Crippen molar-refractivity contribution in [2.75, 3.05) is 13.7 Å². The number of rotatable bonds is 4. The summed E-state index contributed by atoms with van der Waals surface area (Å²) in [5, 5.41) is 12.5. The van der Waals surface area contributed by atoms with E-state index in [4.69, 9.17) is 4.74 Å². The van der Waals surface area contributed by atoms with Gasteiger partial charge in [-0.15, -0.1) is 0 Å². The Labute approximate surface area is 101 Å². The Morgan fingerprint density at radius 3 is 3.00 bits per heavy atom. The van der Waals surface area contributed by atoms with E-state index < -0.39 is 0 Å². The van der Waals surface area contributed by atoms with Crippen LogP contribution in [0.25, 0.3) is 0 Å². The van der Waals surface area contributed by atoms with Crippen molar-refractivity contribution in [2.45, 2.75) is 30.9 Å². The SMILES string of the molecule is CNC1(CO)CCC(Oc2cccc(F)c2)C1. The third kappa shape index (κ3) is 2.76. The van der Waals surface area contributed by atoms with E-state index in [0.29, 0.717) is 5.75 Å². The molecule has 3 nitrogen and oxygen atoms in total. The van der Waals surface area contributed by atoms with Crippen molar-refractivity contribution < 1.29 is 14.2 Å². The normalized spacial score (nSPS) is 28.3. The second-order valence-corrected chi connectivity index (χ2v) is 4.63. The van der Waals surface area contributed by atoms with Gasteiger partial charge in [0.05, 0.1) is 6.61 Å². The van der Waals surface area contributed by atoms with E-state index in [-0.39, 0.29) is 24.1 Å². The largest absolute Gasteiger partial charge is 0.490 e. The lowest BCUT2D eigenvalue weighted by molar-refractivity contribution is 0.146. The maximum atomic E-state index is 13.0. The van der Waals surface area contributed by atoms with Crippen LogP contribution in [-0.4, -0.2) is 30.4 Å². The van der Waals surface area contributed by atoms with Crippen molar-refractivity contribution >= 4 is 0 Å². The fourth-order valence-corrected chi connectivity index (χ4v) is 2.36. The Bertz CT molecular complexity index is 379. The van der Waals surface area contributed by atoms with Gasteiger partial charge in [-0.2, -0.15) is 0 Å². The predicted octanol–water partition coefficient (Wildman–Crippen LogP) is 1.71.